The first-order valence-electron chi connectivity index (χ1n) is 2.11. The lowest BCUT2D eigenvalue weighted by molar-refractivity contribution is -0.110. The van der Waals surface area contributed by atoms with Crippen LogP contribution in [0.1, 0.15) is 0 Å². The normalized spacial score (nSPS) is 13.2. The van der Waals surface area contributed by atoms with E-state index in [1.165, 1.54) is 0 Å². The summed E-state index contributed by atoms with van der Waals surface area (Å²) in [5.41, 5.74) is 0. The van der Waals surface area contributed by atoms with E-state index in [1.807, 2.05) is 0 Å². The fourth-order valence-electron chi connectivity index (χ4n) is 0.228. The largest absolute Gasteiger partial charge is 0.313 e. The van der Waals surface area contributed by atoms with Crippen LogP contribution < -0.4 is 0 Å². The van der Waals surface area contributed by atoms with Crippen LogP contribution >= 0.6 is 29.1 Å². The third-order valence-corrected chi connectivity index (χ3v) is 2.03. The van der Waals surface area contributed by atoms with E-state index in [-0.39, 0.29) is 0 Å². The molecule has 0 fully saturated rings. The van der Waals surface area contributed by atoms with Gasteiger partial charge < -0.3 is 0 Å². The van der Waals surface area contributed by atoms with Gasteiger partial charge in [-0.25, -0.2) is 8.78 Å². The van der Waals surface area contributed by atoms with Gasteiger partial charge in [-0.15, -0.1) is 0 Å². The standard InChI is InChI=1S/C3H3Cl2F4P/c4-10(5)1-3(8,9)2(6)7/h2H,1H2. The maximum Gasteiger partial charge on any atom is 0.313 e. The maximum atomic E-state index is 11.9. The Hall–Kier alpha value is 0.730. The highest BCUT2D eigenvalue weighted by Crippen LogP contribution is 2.51. The van der Waals surface area contributed by atoms with Crippen molar-refractivity contribution >= 4 is 29.1 Å². The molecule has 0 spiro atoms. The molecule has 62 valence electrons. The van der Waals surface area contributed by atoms with Gasteiger partial charge in [0.2, 0.25) is 0 Å². The molecule has 0 aliphatic heterocycles. The summed E-state index contributed by atoms with van der Waals surface area (Å²) in [6, 6.07) is 0. The first-order valence-corrected chi connectivity index (χ1v) is 5.45. The number of hydrogen-bond donors (Lipinski definition) is 0. The zero-order valence-corrected chi connectivity index (χ0v) is 6.91. The van der Waals surface area contributed by atoms with Gasteiger partial charge in [0.25, 0.3) is 0 Å². The van der Waals surface area contributed by atoms with E-state index in [4.69, 9.17) is 22.5 Å². The van der Waals surface area contributed by atoms with Crippen LogP contribution in [-0.2, 0) is 0 Å². The molecule has 0 nitrogen and oxygen atoms in total. The summed E-state index contributed by atoms with van der Waals surface area (Å²) in [5.74, 6) is -4.05. The van der Waals surface area contributed by atoms with Crippen LogP contribution in [0.4, 0.5) is 17.6 Å². The van der Waals surface area contributed by atoms with Gasteiger partial charge in [-0.2, -0.15) is 8.78 Å². The summed E-state index contributed by atoms with van der Waals surface area (Å²) in [7, 11) is 0. The lowest BCUT2D eigenvalue weighted by Gasteiger charge is -2.14. The predicted molar refractivity (Wildman–Crippen MR) is 34.4 cm³/mol. The third kappa shape index (κ3) is 3.79. The van der Waals surface area contributed by atoms with Gasteiger partial charge in [0.05, 0.1) is 12.8 Å². The van der Waals surface area contributed by atoms with Gasteiger partial charge in [0.15, 0.2) is 0 Å². The molecule has 0 bridgehead atoms. The van der Waals surface area contributed by atoms with Gasteiger partial charge in [-0.3, -0.25) is 0 Å². The van der Waals surface area contributed by atoms with Crippen molar-refractivity contribution in [2.45, 2.75) is 12.3 Å². The second kappa shape index (κ2) is 3.93. The number of halogens is 6. The Balaban J connectivity index is 3.87. The third-order valence-electron chi connectivity index (χ3n) is 0.650. The molecule has 0 aliphatic rings. The quantitative estimate of drug-likeness (QED) is 0.499. The SMILES string of the molecule is FC(F)C(F)(F)CP(Cl)Cl. The molecular formula is C3H3Cl2F4P. The summed E-state index contributed by atoms with van der Waals surface area (Å²) in [6.45, 7) is -2.01. The van der Waals surface area contributed by atoms with Crippen molar-refractivity contribution < 1.29 is 17.6 Å². The molecule has 10 heavy (non-hydrogen) atoms. The van der Waals surface area contributed by atoms with E-state index < -0.39 is 25.1 Å². The molecule has 7 heteroatoms. The fraction of sp³-hybridized carbons (Fsp3) is 1.00. The summed E-state index contributed by atoms with van der Waals surface area (Å²) >= 11 is 9.85. The van der Waals surface area contributed by atoms with E-state index in [9.17, 15) is 17.6 Å². The molecule has 0 heterocycles. The van der Waals surface area contributed by atoms with Crippen molar-refractivity contribution in [2.24, 2.45) is 0 Å². The van der Waals surface area contributed by atoms with Gasteiger partial charge in [-0.1, -0.05) is 22.5 Å². The van der Waals surface area contributed by atoms with Gasteiger partial charge in [-0.05, 0) is 0 Å². The molecule has 0 saturated carbocycles. The molecule has 0 saturated heterocycles. The molecule has 0 aromatic heterocycles. The second-order valence-corrected chi connectivity index (χ2v) is 5.41. The topological polar surface area (TPSA) is 0 Å². The summed E-state index contributed by atoms with van der Waals surface area (Å²) in [6.07, 6.45) is -4.83. The average molecular weight is 217 g/mol. The molecule has 0 unspecified atom stereocenters. The van der Waals surface area contributed by atoms with E-state index in [2.05, 4.69) is 0 Å². The minimum atomic E-state index is -4.05. The van der Waals surface area contributed by atoms with Crippen LogP contribution in [0.3, 0.4) is 0 Å². The van der Waals surface area contributed by atoms with Gasteiger partial charge in [0, 0.05) is 0 Å². The van der Waals surface area contributed by atoms with Crippen molar-refractivity contribution in [1.82, 2.24) is 0 Å². The van der Waals surface area contributed by atoms with E-state index in [0.717, 1.165) is 0 Å². The van der Waals surface area contributed by atoms with Crippen molar-refractivity contribution in [3.8, 4) is 0 Å². The van der Waals surface area contributed by atoms with Crippen LogP contribution in [0.25, 0.3) is 0 Å². The molecule has 0 aliphatic carbocycles. The molecule has 0 radical (unpaired) electrons. The fourth-order valence-corrected chi connectivity index (χ4v) is 1.64. The first kappa shape index (κ1) is 10.7. The number of alkyl halides is 4. The maximum absolute atomic E-state index is 11.9. The molecule has 0 atom stereocenters. The Bertz CT molecular complexity index is 107. The van der Waals surface area contributed by atoms with E-state index in [1.54, 1.807) is 0 Å². The number of rotatable bonds is 3. The van der Waals surface area contributed by atoms with E-state index >= 15 is 0 Å². The van der Waals surface area contributed by atoms with Crippen LogP contribution in [0, 0.1) is 0 Å². The van der Waals surface area contributed by atoms with Crippen LogP contribution in [0.5, 0.6) is 0 Å². The highest BCUT2D eigenvalue weighted by atomic mass is 35.9. The Morgan fingerprint density at radius 3 is 1.80 bits per heavy atom. The minimum absolute atomic E-state index is 1.15. The lowest BCUT2D eigenvalue weighted by atomic mass is 10.4. The molecule has 0 rings (SSSR count). The van der Waals surface area contributed by atoms with Crippen molar-refractivity contribution in [2.75, 3.05) is 6.16 Å². The van der Waals surface area contributed by atoms with Crippen molar-refractivity contribution in [3.05, 3.63) is 0 Å². The highest BCUT2D eigenvalue weighted by molar-refractivity contribution is 8.03. The summed E-state index contributed by atoms with van der Waals surface area (Å²) < 4.78 is 46.4. The second-order valence-electron chi connectivity index (χ2n) is 1.52. The van der Waals surface area contributed by atoms with E-state index in [0.29, 0.717) is 0 Å². The molecule has 0 N–H and O–H groups in total. The van der Waals surface area contributed by atoms with Crippen LogP contribution in [0.2, 0.25) is 0 Å². The Labute approximate surface area is 65.8 Å². The first-order chi connectivity index (χ1) is 4.36. The van der Waals surface area contributed by atoms with Gasteiger partial charge in [0.1, 0.15) is 0 Å². The summed E-state index contributed by atoms with van der Waals surface area (Å²) in [4.78, 5) is 0. The zero-order chi connectivity index (χ0) is 8.36. The molecule has 0 aromatic rings. The smallest absolute Gasteiger partial charge is 0.204 e. The van der Waals surface area contributed by atoms with Crippen molar-refractivity contribution in [1.29, 1.82) is 0 Å². The average Bonchev–Trinajstić information content (AvgIpc) is 1.60. The number of hydrogen-bond acceptors (Lipinski definition) is 0. The van der Waals surface area contributed by atoms with Crippen LogP contribution in [-0.4, -0.2) is 18.5 Å². The Morgan fingerprint density at radius 2 is 1.70 bits per heavy atom. The minimum Gasteiger partial charge on any atom is -0.204 e. The van der Waals surface area contributed by atoms with Gasteiger partial charge >= 0.3 is 12.3 Å². The molecule has 0 amide bonds. The zero-order valence-electron chi connectivity index (χ0n) is 4.50. The van der Waals surface area contributed by atoms with Crippen LogP contribution in [0.15, 0.2) is 0 Å². The molecular weight excluding hydrogens is 214 g/mol. The predicted octanol–water partition coefficient (Wildman–Crippen LogP) is 3.68. The summed E-state index contributed by atoms with van der Waals surface area (Å²) in [5, 5.41) is 0. The Kier molecular flexibility index (Phi) is 4.22. The Morgan fingerprint density at radius 1 is 1.30 bits per heavy atom. The highest BCUT2D eigenvalue weighted by Gasteiger charge is 2.42. The lowest BCUT2D eigenvalue weighted by Crippen LogP contribution is -2.28. The molecule has 0 aromatic carbocycles. The monoisotopic (exact) mass is 216 g/mol. The van der Waals surface area contributed by atoms with Crippen molar-refractivity contribution in [3.63, 3.8) is 0 Å².